The van der Waals surface area contributed by atoms with Crippen LogP contribution >= 0.6 is 0 Å². The number of hydrogen-bond donors (Lipinski definition) is 0. The smallest absolute Gasteiger partial charge is 0.305 e. The molecule has 0 atom stereocenters. The highest BCUT2D eigenvalue weighted by atomic mass is 16.5. The van der Waals surface area contributed by atoms with Crippen molar-refractivity contribution in [3.63, 3.8) is 0 Å². The molecule has 3 heterocycles. The first-order valence-corrected chi connectivity index (χ1v) is 12.9. The zero-order valence-electron chi connectivity index (χ0n) is 21.2. The molecule has 4 rings (SSSR count). The second-order valence-corrected chi connectivity index (χ2v) is 9.31. The van der Waals surface area contributed by atoms with Crippen molar-refractivity contribution in [2.75, 3.05) is 24.6 Å². The van der Waals surface area contributed by atoms with E-state index in [2.05, 4.69) is 47.1 Å². The van der Waals surface area contributed by atoms with Crippen LogP contribution in [0.2, 0.25) is 0 Å². The lowest BCUT2D eigenvalue weighted by Gasteiger charge is -2.30. The molecule has 35 heavy (non-hydrogen) atoms. The normalized spacial score (nSPS) is 12.9. The largest absolute Gasteiger partial charge is 0.466 e. The lowest BCUT2D eigenvalue weighted by molar-refractivity contribution is -0.143. The first kappa shape index (κ1) is 24.8. The standard InChI is InChI=1S/C29H36N4O2/c1-4-35-26(34)11-7-5-6-8-18-33-19-9-10-25-29(33)32-28(24-17-14-22(3)30-20-24)27(31-25)23-15-12-21(2)13-16-23/h12-17,20H,4-11,18-19H2,1-3H3. The molecule has 6 nitrogen and oxygen atoms in total. The van der Waals surface area contributed by atoms with Crippen LogP contribution in [0.1, 0.15) is 62.4 Å². The van der Waals surface area contributed by atoms with Crippen molar-refractivity contribution >= 4 is 11.8 Å². The number of hydrogen-bond acceptors (Lipinski definition) is 6. The number of fused-ring (bicyclic) bond motifs is 1. The summed E-state index contributed by atoms with van der Waals surface area (Å²) in [5, 5.41) is 0. The summed E-state index contributed by atoms with van der Waals surface area (Å²) < 4.78 is 5.02. The van der Waals surface area contributed by atoms with E-state index in [0.29, 0.717) is 13.0 Å². The highest BCUT2D eigenvalue weighted by Crippen LogP contribution is 2.34. The van der Waals surface area contributed by atoms with Gasteiger partial charge in [0.15, 0.2) is 5.82 Å². The van der Waals surface area contributed by atoms with Crippen LogP contribution in [-0.2, 0) is 16.0 Å². The minimum atomic E-state index is -0.0877. The average Bonchev–Trinajstić information content (AvgIpc) is 2.86. The topological polar surface area (TPSA) is 68.2 Å². The number of anilines is 1. The van der Waals surface area contributed by atoms with Gasteiger partial charge in [0, 0.05) is 42.5 Å². The maximum Gasteiger partial charge on any atom is 0.305 e. The van der Waals surface area contributed by atoms with Crippen molar-refractivity contribution < 1.29 is 9.53 Å². The van der Waals surface area contributed by atoms with Gasteiger partial charge < -0.3 is 9.64 Å². The van der Waals surface area contributed by atoms with Crippen molar-refractivity contribution in [2.24, 2.45) is 0 Å². The Morgan fingerprint density at radius 2 is 1.69 bits per heavy atom. The minimum Gasteiger partial charge on any atom is -0.466 e. The van der Waals surface area contributed by atoms with Crippen molar-refractivity contribution in [1.82, 2.24) is 15.0 Å². The quantitative estimate of drug-likeness (QED) is 0.263. The van der Waals surface area contributed by atoms with Crippen molar-refractivity contribution in [3.05, 3.63) is 59.5 Å². The SMILES string of the molecule is CCOC(=O)CCCCCCN1CCCc2nc(-c3ccc(C)cc3)c(-c3ccc(C)nc3)nc21. The minimum absolute atomic E-state index is 0.0877. The Morgan fingerprint density at radius 1 is 0.943 bits per heavy atom. The van der Waals surface area contributed by atoms with Crippen LogP contribution in [0.25, 0.3) is 22.5 Å². The molecule has 0 bridgehead atoms. The number of benzene rings is 1. The predicted molar refractivity (Wildman–Crippen MR) is 140 cm³/mol. The highest BCUT2D eigenvalue weighted by molar-refractivity contribution is 5.79. The molecule has 0 saturated heterocycles. The summed E-state index contributed by atoms with van der Waals surface area (Å²) in [6, 6.07) is 12.6. The Hall–Kier alpha value is -3.28. The summed E-state index contributed by atoms with van der Waals surface area (Å²) in [5.74, 6) is 0.921. The summed E-state index contributed by atoms with van der Waals surface area (Å²) in [7, 11) is 0. The van der Waals surface area contributed by atoms with Gasteiger partial charge in [-0.25, -0.2) is 9.97 Å². The molecule has 1 aromatic carbocycles. The van der Waals surface area contributed by atoms with Crippen LogP contribution in [0, 0.1) is 13.8 Å². The maximum atomic E-state index is 11.5. The molecule has 1 aliphatic heterocycles. The number of carbonyl (C=O) groups is 1. The molecule has 1 aliphatic rings. The second kappa shape index (κ2) is 11.9. The van der Waals surface area contributed by atoms with E-state index >= 15 is 0 Å². The van der Waals surface area contributed by atoms with Gasteiger partial charge in [0.2, 0.25) is 0 Å². The van der Waals surface area contributed by atoms with Gasteiger partial charge >= 0.3 is 5.97 Å². The maximum absolute atomic E-state index is 11.5. The van der Waals surface area contributed by atoms with Crippen molar-refractivity contribution in [1.29, 1.82) is 0 Å². The molecule has 0 amide bonds. The van der Waals surface area contributed by atoms with E-state index < -0.39 is 0 Å². The molecule has 0 radical (unpaired) electrons. The van der Waals surface area contributed by atoms with Gasteiger partial charge in [0.25, 0.3) is 0 Å². The number of pyridine rings is 1. The number of rotatable bonds is 10. The Balaban J connectivity index is 1.53. The Labute approximate surface area is 208 Å². The van der Waals surface area contributed by atoms with Crippen LogP contribution in [0.3, 0.4) is 0 Å². The molecule has 184 valence electrons. The Bertz CT molecular complexity index is 1130. The Morgan fingerprint density at radius 3 is 2.43 bits per heavy atom. The molecule has 2 aromatic heterocycles. The van der Waals surface area contributed by atoms with Crippen molar-refractivity contribution in [3.8, 4) is 22.5 Å². The van der Waals surface area contributed by atoms with Crippen LogP contribution < -0.4 is 4.90 Å². The fourth-order valence-corrected chi connectivity index (χ4v) is 4.52. The highest BCUT2D eigenvalue weighted by Gasteiger charge is 2.23. The third-order valence-corrected chi connectivity index (χ3v) is 6.46. The fraction of sp³-hybridized carbons (Fsp3) is 0.448. The number of unbranched alkanes of at least 4 members (excludes halogenated alkanes) is 3. The van der Waals surface area contributed by atoms with Crippen LogP contribution in [0.5, 0.6) is 0 Å². The summed E-state index contributed by atoms with van der Waals surface area (Å²) in [5.41, 5.74) is 7.19. The third-order valence-electron chi connectivity index (χ3n) is 6.46. The first-order chi connectivity index (χ1) is 17.0. The molecule has 3 aromatic rings. The average molecular weight is 473 g/mol. The monoisotopic (exact) mass is 472 g/mol. The van der Waals surface area contributed by atoms with E-state index in [1.807, 2.05) is 26.1 Å². The molecular weight excluding hydrogens is 436 g/mol. The number of aryl methyl sites for hydroxylation is 3. The number of ether oxygens (including phenoxy) is 1. The van der Waals surface area contributed by atoms with E-state index in [4.69, 9.17) is 14.7 Å². The Kier molecular flexibility index (Phi) is 8.45. The van der Waals surface area contributed by atoms with E-state index in [9.17, 15) is 4.79 Å². The van der Waals surface area contributed by atoms with Gasteiger partial charge in [-0.2, -0.15) is 0 Å². The summed E-state index contributed by atoms with van der Waals surface area (Å²) in [4.78, 5) is 28.8. The fourth-order valence-electron chi connectivity index (χ4n) is 4.52. The van der Waals surface area contributed by atoms with Crippen LogP contribution in [-0.4, -0.2) is 40.6 Å². The molecule has 0 saturated carbocycles. The molecule has 0 aliphatic carbocycles. The van der Waals surface area contributed by atoms with Gasteiger partial charge in [-0.15, -0.1) is 0 Å². The van der Waals surface area contributed by atoms with E-state index in [0.717, 1.165) is 91.3 Å². The van der Waals surface area contributed by atoms with Gasteiger partial charge in [-0.3, -0.25) is 9.78 Å². The van der Waals surface area contributed by atoms with Crippen molar-refractivity contribution in [2.45, 2.75) is 65.7 Å². The van der Waals surface area contributed by atoms with Crippen LogP contribution in [0.4, 0.5) is 5.82 Å². The van der Waals surface area contributed by atoms with Crippen LogP contribution in [0.15, 0.2) is 42.6 Å². The first-order valence-electron chi connectivity index (χ1n) is 12.9. The van der Waals surface area contributed by atoms with Gasteiger partial charge in [-0.05, 0) is 58.6 Å². The van der Waals surface area contributed by atoms with Gasteiger partial charge in [-0.1, -0.05) is 42.7 Å². The number of esters is 1. The van der Waals surface area contributed by atoms with E-state index in [-0.39, 0.29) is 5.97 Å². The predicted octanol–water partition coefficient (Wildman–Crippen LogP) is 6.09. The molecule has 0 fully saturated rings. The summed E-state index contributed by atoms with van der Waals surface area (Å²) in [6.45, 7) is 8.36. The molecule has 0 N–H and O–H groups in total. The second-order valence-electron chi connectivity index (χ2n) is 9.31. The summed E-state index contributed by atoms with van der Waals surface area (Å²) in [6.07, 6.45) is 8.55. The molecular formula is C29H36N4O2. The van der Waals surface area contributed by atoms with Gasteiger partial charge in [0.1, 0.15) is 5.69 Å². The number of aromatic nitrogens is 3. The zero-order valence-corrected chi connectivity index (χ0v) is 21.2. The lowest BCUT2D eigenvalue weighted by Crippen LogP contribution is -2.32. The number of carbonyl (C=O) groups excluding carboxylic acids is 1. The molecule has 0 spiro atoms. The third kappa shape index (κ3) is 6.44. The lowest BCUT2D eigenvalue weighted by atomic mass is 10.0. The van der Waals surface area contributed by atoms with Gasteiger partial charge in [0.05, 0.1) is 18.0 Å². The molecule has 0 unspecified atom stereocenters. The van der Waals surface area contributed by atoms with E-state index in [1.54, 1.807) is 0 Å². The number of nitrogens with zero attached hydrogens (tertiary/aromatic N) is 4. The zero-order chi connectivity index (χ0) is 24.6. The summed E-state index contributed by atoms with van der Waals surface area (Å²) >= 11 is 0. The van der Waals surface area contributed by atoms with E-state index in [1.165, 1.54) is 5.56 Å². The molecule has 6 heteroatoms.